The first-order valence-corrected chi connectivity index (χ1v) is 10.8. The van der Waals surface area contributed by atoms with Crippen LogP contribution in [-0.2, 0) is 4.79 Å². The van der Waals surface area contributed by atoms with Gasteiger partial charge in [0.05, 0.1) is 15.3 Å². The Bertz CT molecular complexity index is 676. The summed E-state index contributed by atoms with van der Waals surface area (Å²) >= 11 is 16.8. The minimum atomic E-state index is -0.561. The molecule has 0 saturated heterocycles. The van der Waals surface area contributed by atoms with Crippen molar-refractivity contribution in [2.75, 3.05) is 6.54 Å². The van der Waals surface area contributed by atoms with E-state index >= 15 is 0 Å². The van der Waals surface area contributed by atoms with E-state index in [9.17, 15) is 4.79 Å². The smallest absolute Gasteiger partial charge is 0.230 e. The second-order valence-corrected chi connectivity index (χ2v) is 10.1. The number of benzene rings is 1. The van der Waals surface area contributed by atoms with Crippen LogP contribution in [-0.4, -0.2) is 23.2 Å². The Kier molecular flexibility index (Phi) is 5.24. The van der Waals surface area contributed by atoms with Crippen molar-refractivity contribution in [1.82, 2.24) is 5.32 Å². The largest absolute Gasteiger partial charge is 0.369 e. The summed E-state index contributed by atoms with van der Waals surface area (Å²) in [5.74, 6) is 2.09. The van der Waals surface area contributed by atoms with Crippen LogP contribution in [0.2, 0.25) is 10.0 Å². The molecule has 3 nitrogen and oxygen atoms in total. The highest BCUT2D eigenvalue weighted by Gasteiger charge is 2.50. The Balaban J connectivity index is 1.53. The second kappa shape index (κ2) is 7.20. The molecule has 0 spiro atoms. The van der Waals surface area contributed by atoms with Crippen molar-refractivity contribution in [3.05, 3.63) is 33.8 Å². The van der Waals surface area contributed by atoms with Gasteiger partial charge in [0.1, 0.15) is 0 Å². The molecule has 4 bridgehead atoms. The first kappa shape index (κ1) is 18.9. The van der Waals surface area contributed by atoms with Crippen molar-refractivity contribution in [2.45, 2.75) is 55.2 Å². The van der Waals surface area contributed by atoms with E-state index in [0.717, 1.165) is 23.3 Å². The highest BCUT2D eigenvalue weighted by atomic mass is 35.5. The van der Waals surface area contributed by atoms with E-state index in [0.29, 0.717) is 16.6 Å². The fraction of sp³-hybridized carbons (Fsp3) is 0.650. The number of primary amides is 1. The molecule has 6 heteroatoms. The van der Waals surface area contributed by atoms with Crippen LogP contribution in [0.5, 0.6) is 0 Å². The molecule has 142 valence electrons. The minimum Gasteiger partial charge on any atom is -0.369 e. The maximum Gasteiger partial charge on any atom is 0.230 e. The molecule has 2 unspecified atom stereocenters. The molecule has 1 amide bonds. The van der Waals surface area contributed by atoms with Crippen LogP contribution >= 0.6 is 35.8 Å². The third kappa shape index (κ3) is 3.63. The number of halogens is 2. The molecule has 0 heterocycles. The fourth-order valence-corrected chi connectivity index (χ4v) is 6.59. The molecule has 4 aliphatic carbocycles. The van der Waals surface area contributed by atoms with Gasteiger partial charge in [-0.25, -0.2) is 0 Å². The number of amides is 1. The highest BCUT2D eigenvalue weighted by molar-refractivity contribution is 7.81. The molecule has 4 fully saturated rings. The molecule has 4 saturated carbocycles. The monoisotopic (exact) mass is 412 g/mol. The van der Waals surface area contributed by atoms with Gasteiger partial charge in [0.15, 0.2) is 0 Å². The maximum absolute atomic E-state index is 11.8. The summed E-state index contributed by atoms with van der Waals surface area (Å²) in [6.45, 7) is 0.682. The third-order valence-corrected chi connectivity index (χ3v) is 8.13. The topological polar surface area (TPSA) is 55.1 Å². The predicted molar refractivity (Wildman–Crippen MR) is 110 cm³/mol. The van der Waals surface area contributed by atoms with Gasteiger partial charge in [0.25, 0.3) is 0 Å². The lowest BCUT2D eigenvalue weighted by Crippen LogP contribution is -2.59. The van der Waals surface area contributed by atoms with Gasteiger partial charge in [-0.05, 0) is 74.0 Å². The highest BCUT2D eigenvalue weighted by Crippen LogP contribution is 2.55. The SMILES string of the molecule is NC(=O)C(S)C(CNC12CC3CC(CC(C3)C1)C2)c1ccc(Cl)c(Cl)c1. The summed E-state index contributed by atoms with van der Waals surface area (Å²) in [6.07, 6.45) is 8.03. The first-order chi connectivity index (χ1) is 12.3. The van der Waals surface area contributed by atoms with Crippen molar-refractivity contribution in [1.29, 1.82) is 0 Å². The zero-order valence-electron chi connectivity index (χ0n) is 14.8. The summed E-state index contributed by atoms with van der Waals surface area (Å²) in [6, 6.07) is 5.53. The lowest BCUT2D eigenvalue weighted by Gasteiger charge is -2.57. The first-order valence-electron chi connectivity index (χ1n) is 9.52. The van der Waals surface area contributed by atoms with Gasteiger partial charge in [0, 0.05) is 18.0 Å². The number of thiol groups is 1. The molecular formula is C20H26Cl2N2OS. The number of nitrogens with one attached hydrogen (secondary N) is 1. The number of carbonyl (C=O) groups excluding carboxylic acids is 1. The van der Waals surface area contributed by atoms with Crippen LogP contribution in [0.15, 0.2) is 18.2 Å². The van der Waals surface area contributed by atoms with Crippen LogP contribution in [0.1, 0.15) is 50.0 Å². The van der Waals surface area contributed by atoms with Gasteiger partial charge in [-0.3, -0.25) is 4.79 Å². The fourth-order valence-electron chi connectivity index (χ4n) is 6.01. The van der Waals surface area contributed by atoms with Crippen LogP contribution in [0.3, 0.4) is 0 Å². The molecule has 0 radical (unpaired) electrons. The van der Waals surface area contributed by atoms with E-state index in [1.807, 2.05) is 12.1 Å². The van der Waals surface area contributed by atoms with Gasteiger partial charge in [-0.2, -0.15) is 12.6 Å². The molecule has 26 heavy (non-hydrogen) atoms. The molecular weight excluding hydrogens is 387 g/mol. The van der Waals surface area contributed by atoms with Crippen molar-refractivity contribution < 1.29 is 4.79 Å². The van der Waals surface area contributed by atoms with Gasteiger partial charge in [-0.1, -0.05) is 29.3 Å². The number of nitrogens with two attached hydrogens (primary N) is 1. The molecule has 2 atom stereocenters. The minimum absolute atomic E-state index is 0.126. The quantitative estimate of drug-likeness (QED) is 0.605. The molecule has 0 aromatic heterocycles. The molecule has 5 rings (SSSR count). The Hall–Kier alpha value is -0.420. The van der Waals surface area contributed by atoms with Crippen LogP contribution in [0.4, 0.5) is 0 Å². The Labute approximate surface area is 170 Å². The van der Waals surface area contributed by atoms with Crippen molar-refractivity contribution in [3.63, 3.8) is 0 Å². The van der Waals surface area contributed by atoms with E-state index in [1.165, 1.54) is 38.5 Å². The average molecular weight is 413 g/mol. The predicted octanol–water partition coefficient (Wildman–Crippen LogP) is 4.42. The zero-order valence-corrected chi connectivity index (χ0v) is 17.2. The molecule has 1 aromatic rings. The van der Waals surface area contributed by atoms with E-state index in [1.54, 1.807) is 6.07 Å². The molecule has 0 aliphatic heterocycles. The Morgan fingerprint density at radius 2 is 1.73 bits per heavy atom. The van der Waals surface area contributed by atoms with Gasteiger partial charge in [0.2, 0.25) is 5.91 Å². The molecule has 3 N–H and O–H groups in total. The van der Waals surface area contributed by atoms with Crippen molar-refractivity contribution >= 4 is 41.7 Å². The van der Waals surface area contributed by atoms with Crippen molar-refractivity contribution in [2.24, 2.45) is 23.5 Å². The summed E-state index contributed by atoms with van der Waals surface area (Å²) in [5, 5.41) is 4.31. The van der Waals surface area contributed by atoms with E-state index in [4.69, 9.17) is 28.9 Å². The second-order valence-electron chi connectivity index (χ2n) is 8.71. The summed E-state index contributed by atoms with van der Waals surface area (Å²) < 4.78 is 0. The summed E-state index contributed by atoms with van der Waals surface area (Å²) in [7, 11) is 0. The van der Waals surface area contributed by atoms with E-state index < -0.39 is 11.2 Å². The summed E-state index contributed by atoms with van der Waals surface area (Å²) in [5.41, 5.74) is 6.76. The third-order valence-electron chi connectivity index (χ3n) is 6.78. The number of hydrogen-bond donors (Lipinski definition) is 3. The molecule has 1 aromatic carbocycles. The normalized spacial score (nSPS) is 34.7. The van der Waals surface area contributed by atoms with Gasteiger partial charge >= 0.3 is 0 Å². The standard InChI is InChI=1S/C20H26Cl2N2OS/c21-16-2-1-14(6-17(16)22)15(18(26)19(23)25)10-24-20-7-11-3-12(8-20)5-13(4-11)9-20/h1-2,6,11-13,15,18,24,26H,3-5,7-10H2,(H2,23,25). The van der Waals surface area contributed by atoms with E-state index in [-0.39, 0.29) is 11.5 Å². The van der Waals surface area contributed by atoms with E-state index in [2.05, 4.69) is 17.9 Å². The lowest BCUT2D eigenvalue weighted by molar-refractivity contribution is -0.117. The Morgan fingerprint density at radius 3 is 2.23 bits per heavy atom. The number of hydrogen-bond acceptors (Lipinski definition) is 3. The average Bonchev–Trinajstić information content (AvgIpc) is 2.56. The maximum atomic E-state index is 11.8. The van der Waals surface area contributed by atoms with Crippen LogP contribution in [0, 0.1) is 17.8 Å². The van der Waals surface area contributed by atoms with Crippen LogP contribution < -0.4 is 11.1 Å². The number of carbonyl (C=O) groups is 1. The summed E-state index contributed by atoms with van der Waals surface area (Å²) in [4.78, 5) is 11.8. The van der Waals surface area contributed by atoms with Gasteiger partial charge in [-0.15, -0.1) is 0 Å². The number of rotatable bonds is 6. The van der Waals surface area contributed by atoms with Crippen molar-refractivity contribution in [3.8, 4) is 0 Å². The van der Waals surface area contributed by atoms with Gasteiger partial charge < -0.3 is 11.1 Å². The molecule has 4 aliphatic rings. The van der Waals surface area contributed by atoms with Crippen LogP contribution in [0.25, 0.3) is 0 Å². The zero-order chi connectivity index (χ0) is 18.5. The lowest BCUT2D eigenvalue weighted by atomic mass is 9.53. The Morgan fingerprint density at radius 1 is 1.15 bits per heavy atom.